The average molecular weight is 360 g/mol. The summed E-state index contributed by atoms with van der Waals surface area (Å²) < 4.78 is 5.26. The van der Waals surface area contributed by atoms with Gasteiger partial charge >= 0.3 is 11.9 Å². The minimum absolute atomic E-state index is 0.0819. The van der Waals surface area contributed by atoms with Crippen LogP contribution in [0.1, 0.15) is 15.7 Å². The minimum atomic E-state index is -0.979. The molecule has 3 rings (SSSR count). The Morgan fingerprint density at radius 3 is 2.12 bits per heavy atom. The molecule has 2 aromatic carbocycles. The molecular weight excluding hydrogens is 344 g/mol. The molecular formula is C18H16O4S2. The van der Waals surface area contributed by atoms with Crippen molar-refractivity contribution in [3.63, 3.8) is 0 Å². The number of carboxylic acids is 1. The number of hydrogen-bond donors (Lipinski definition) is 1. The Morgan fingerprint density at radius 1 is 0.917 bits per heavy atom. The molecule has 0 spiro atoms. The maximum atomic E-state index is 12.4. The fourth-order valence-electron chi connectivity index (χ4n) is 2.39. The molecule has 1 fully saturated rings. The van der Waals surface area contributed by atoms with Gasteiger partial charge in [0.1, 0.15) is 17.1 Å². The average Bonchev–Trinajstić information content (AvgIpc) is 3.07. The van der Waals surface area contributed by atoms with Crippen molar-refractivity contribution < 1.29 is 19.4 Å². The fraction of sp³-hybridized carbons (Fsp3) is 0.222. The summed E-state index contributed by atoms with van der Waals surface area (Å²) in [5.41, 5.74) is 1.89. The van der Waals surface area contributed by atoms with Crippen LogP contribution in [0.15, 0.2) is 60.7 Å². The van der Waals surface area contributed by atoms with Gasteiger partial charge in [0.15, 0.2) is 0 Å². The Hall–Kier alpha value is -1.92. The molecule has 0 amide bonds. The first-order valence-corrected chi connectivity index (χ1v) is 9.33. The second kappa shape index (κ2) is 7.77. The van der Waals surface area contributed by atoms with E-state index < -0.39 is 22.4 Å². The highest BCUT2D eigenvalue weighted by atomic mass is 32.2. The number of carbonyl (C=O) groups excluding carboxylic acids is 1. The number of benzene rings is 2. The van der Waals surface area contributed by atoms with Crippen molar-refractivity contribution in [2.75, 3.05) is 0 Å². The van der Waals surface area contributed by atoms with E-state index in [9.17, 15) is 14.7 Å². The monoisotopic (exact) mass is 360 g/mol. The fourth-order valence-corrected chi connectivity index (χ4v) is 5.72. The molecule has 1 saturated heterocycles. The van der Waals surface area contributed by atoms with E-state index in [1.165, 1.54) is 23.5 Å². The van der Waals surface area contributed by atoms with Gasteiger partial charge in [-0.2, -0.15) is 0 Å². The molecule has 1 heterocycles. The molecule has 2 aromatic rings. The molecule has 1 aliphatic heterocycles. The Morgan fingerprint density at radius 2 is 1.50 bits per heavy atom. The molecule has 1 aliphatic rings. The topological polar surface area (TPSA) is 63.6 Å². The zero-order valence-corrected chi connectivity index (χ0v) is 14.3. The van der Waals surface area contributed by atoms with Gasteiger partial charge in [-0.15, -0.1) is 23.5 Å². The van der Waals surface area contributed by atoms with Crippen LogP contribution < -0.4 is 0 Å². The summed E-state index contributed by atoms with van der Waals surface area (Å²) in [6.45, 7) is 0.156. The lowest BCUT2D eigenvalue weighted by molar-refractivity contribution is -0.147. The number of ether oxygens (including phenoxy) is 1. The molecule has 0 aliphatic carbocycles. The highest BCUT2D eigenvalue weighted by Crippen LogP contribution is 2.53. The van der Waals surface area contributed by atoms with Crippen LogP contribution in [-0.4, -0.2) is 27.5 Å². The molecule has 24 heavy (non-hydrogen) atoms. The summed E-state index contributed by atoms with van der Waals surface area (Å²) in [6, 6.07) is 19.0. The first-order valence-electron chi connectivity index (χ1n) is 7.44. The summed E-state index contributed by atoms with van der Waals surface area (Å²) >= 11 is 2.64. The Labute approximate surface area is 148 Å². The molecule has 3 atom stereocenters. The third-order valence-electron chi connectivity index (χ3n) is 3.59. The van der Waals surface area contributed by atoms with Crippen LogP contribution in [0, 0.1) is 0 Å². The Balaban J connectivity index is 1.68. The van der Waals surface area contributed by atoms with Gasteiger partial charge in [-0.25, -0.2) is 0 Å². The van der Waals surface area contributed by atoms with Crippen LogP contribution >= 0.6 is 23.5 Å². The summed E-state index contributed by atoms with van der Waals surface area (Å²) in [6.07, 6.45) is 0. The van der Waals surface area contributed by atoms with Crippen LogP contribution in [0.5, 0.6) is 0 Å². The van der Waals surface area contributed by atoms with Gasteiger partial charge in [0.2, 0.25) is 0 Å². The standard InChI is InChI=1S/C18H16O4S2/c19-16(20)14-15(17(21)22-11-12-7-3-1-4-8-12)24-18(23-14)13-9-5-2-6-10-13/h1-10,14-15,18H,11H2,(H,19,20)/t14-,15+,18?/m1/s1. The van der Waals surface area contributed by atoms with Gasteiger partial charge in [0.25, 0.3) is 0 Å². The summed E-state index contributed by atoms with van der Waals surface area (Å²) in [7, 11) is 0. The largest absolute Gasteiger partial charge is 0.480 e. The second-order valence-electron chi connectivity index (χ2n) is 5.29. The molecule has 1 N–H and O–H groups in total. The third-order valence-corrected chi connectivity index (χ3v) is 6.99. The molecule has 0 saturated carbocycles. The predicted octanol–water partition coefficient (Wildman–Crippen LogP) is 3.73. The smallest absolute Gasteiger partial charge is 0.321 e. The normalized spacial score (nSPS) is 22.9. The van der Waals surface area contributed by atoms with Gasteiger partial charge in [-0.1, -0.05) is 60.7 Å². The lowest BCUT2D eigenvalue weighted by Crippen LogP contribution is -2.33. The number of carboxylic acid groups (broad SMARTS) is 1. The van der Waals surface area contributed by atoms with Crippen molar-refractivity contribution in [3.8, 4) is 0 Å². The molecule has 0 bridgehead atoms. The lowest BCUT2D eigenvalue weighted by Gasteiger charge is -2.13. The molecule has 4 nitrogen and oxygen atoms in total. The molecule has 124 valence electrons. The lowest BCUT2D eigenvalue weighted by atomic mass is 10.2. The summed E-state index contributed by atoms with van der Waals surface area (Å²) in [4.78, 5) is 23.9. The Kier molecular flexibility index (Phi) is 5.48. The van der Waals surface area contributed by atoms with Crippen molar-refractivity contribution in [1.29, 1.82) is 0 Å². The van der Waals surface area contributed by atoms with Gasteiger partial charge in [-0.05, 0) is 11.1 Å². The maximum Gasteiger partial charge on any atom is 0.321 e. The van der Waals surface area contributed by atoms with E-state index in [1.807, 2.05) is 60.7 Å². The van der Waals surface area contributed by atoms with Gasteiger partial charge in [0.05, 0.1) is 4.58 Å². The summed E-state index contributed by atoms with van der Waals surface area (Å²) in [5, 5.41) is 7.93. The van der Waals surface area contributed by atoms with Crippen molar-refractivity contribution in [2.24, 2.45) is 0 Å². The zero-order valence-electron chi connectivity index (χ0n) is 12.7. The van der Waals surface area contributed by atoms with E-state index in [1.54, 1.807) is 0 Å². The molecule has 6 heteroatoms. The van der Waals surface area contributed by atoms with Crippen molar-refractivity contribution in [3.05, 3.63) is 71.8 Å². The van der Waals surface area contributed by atoms with Gasteiger partial charge < -0.3 is 9.84 Å². The quantitative estimate of drug-likeness (QED) is 0.820. The number of esters is 1. The highest BCUT2D eigenvalue weighted by molar-refractivity contribution is 8.21. The van der Waals surface area contributed by atoms with Crippen LogP contribution in [0.2, 0.25) is 0 Å². The van der Waals surface area contributed by atoms with E-state index in [2.05, 4.69) is 0 Å². The van der Waals surface area contributed by atoms with Crippen LogP contribution in [-0.2, 0) is 20.9 Å². The van der Waals surface area contributed by atoms with Crippen LogP contribution in [0.4, 0.5) is 0 Å². The maximum absolute atomic E-state index is 12.4. The van der Waals surface area contributed by atoms with E-state index in [4.69, 9.17) is 4.74 Å². The van der Waals surface area contributed by atoms with E-state index in [0.717, 1.165) is 11.1 Å². The zero-order chi connectivity index (χ0) is 16.9. The third kappa shape index (κ3) is 3.94. The van der Waals surface area contributed by atoms with Gasteiger partial charge in [-0.3, -0.25) is 9.59 Å². The number of carbonyl (C=O) groups is 2. The van der Waals surface area contributed by atoms with Crippen LogP contribution in [0.3, 0.4) is 0 Å². The molecule has 1 unspecified atom stereocenters. The SMILES string of the molecule is O=C(OCc1ccccc1)[C@H]1SC(c2ccccc2)S[C@H]1C(=O)O. The number of rotatable bonds is 5. The number of thioether (sulfide) groups is 2. The molecule has 0 aromatic heterocycles. The van der Waals surface area contributed by atoms with E-state index >= 15 is 0 Å². The predicted molar refractivity (Wildman–Crippen MR) is 95.8 cm³/mol. The van der Waals surface area contributed by atoms with E-state index in [0.29, 0.717) is 0 Å². The van der Waals surface area contributed by atoms with Crippen molar-refractivity contribution >= 4 is 35.5 Å². The molecule has 0 radical (unpaired) electrons. The highest BCUT2D eigenvalue weighted by Gasteiger charge is 2.45. The minimum Gasteiger partial charge on any atom is -0.480 e. The van der Waals surface area contributed by atoms with Crippen molar-refractivity contribution in [2.45, 2.75) is 21.7 Å². The number of aliphatic carboxylic acids is 1. The van der Waals surface area contributed by atoms with Crippen LogP contribution in [0.25, 0.3) is 0 Å². The van der Waals surface area contributed by atoms with Crippen molar-refractivity contribution in [1.82, 2.24) is 0 Å². The first kappa shape index (κ1) is 16.9. The van der Waals surface area contributed by atoms with E-state index in [-0.39, 0.29) is 11.2 Å². The summed E-state index contributed by atoms with van der Waals surface area (Å²) in [5.74, 6) is -1.45. The first-order chi connectivity index (χ1) is 11.6. The number of hydrogen-bond acceptors (Lipinski definition) is 5. The van der Waals surface area contributed by atoms with Gasteiger partial charge in [0, 0.05) is 0 Å². The second-order valence-corrected chi connectivity index (χ2v) is 8.09. The Bertz CT molecular complexity index is 705.